The molecule has 1 amide bonds. The summed E-state index contributed by atoms with van der Waals surface area (Å²) >= 11 is 0. The van der Waals surface area contributed by atoms with E-state index in [0.29, 0.717) is 13.2 Å². The molecule has 1 aromatic heterocycles. The van der Waals surface area contributed by atoms with E-state index in [2.05, 4.69) is 5.32 Å². The summed E-state index contributed by atoms with van der Waals surface area (Å²) in [7, 11) is 0. The van der Waals surface area contributed by atoms with Gasteiger partial charge in [-0.05, 0) is 56.7 Å². The maximum atomic E-state index is 11.3. The topological polar surface area (TPSA) is 60.7 Å². The standard InChI is InChI=1S/C22H25NO4/c1-5-25-19-9-6-17(7-10-19)13-26-20-11-8-18-12-21(15(3)23-16(4)24)27-22(18)14(20)2/h6-12,15H,5,13H2,1-4H3,(H,23,24). The van der Waals surface area contributed by atoms with E-state index in [9.17, 15) is 4.79 Å². The smallest absolute Gasteiger partial charge is 0.217 e. The molecule has 142 valence electrons. The van der Waals surface area contributed by atoms with Crippen molar-refractivity contribution in [3.8, 4) is 11.5 Å². The minimum atomic E-state index is -0.178. The van der Waals surface area contributed by atoms with Gasteiger partial charge in [-0.1, -0.05) is 12.1 Å². The van der Waals surface area contributed by atoms with Gasteiger partial charge in [0.15, 0.2) is 0 Å². The molecule has 0 saturated heterocycles. The minimum Gasteiger partial charge on any atom is -0.494 e. The average molecular weight is 367 g/mol. The van der Waals surface area contributed by atoms with Crippen LogP contribution in [0.15, 0.2) is 46.9 Å². The molecule has 0 radical (unpaired) electrons. The number of hydrogen-bond acceptors (Lipinski definition) is 4. The summed E-state index contributed by atoms with van der Waals surface area (Å²) in [6, 6.07) is 13.6. The summed E-state index contributed by atoms with van der Waals surface area (Å²) in [6.45, 7) is 8.46. The molecule has 27 heavy (non-hydrogen) atoms. The maximum Gasteiger partial charge on any atom is 0.217 e. The van der Waals surface area contributed by atoms with Crippen molar-refractivity contribution in [2.45, 2.75) is 40.3 Å². The second-order valence-corrected chi connectivity index (χ2v) is 6.54. The number of fused-ring (bicyclic) bond motifs is 1. The van der Waals surface area contributed by atoms with E-state index in [4.69, 9.17) is 13.9 Å². The monoisotopic (exact) mass is 367 g/mol. The first-order valence-electron chi connectivity index (χ1n) is 9.12. The number of furan rings is 1. The molecule has 3 aromatic rings. The number of ether oxygens (including phenoxy) is 2. The van der Waals surface area contributed by atoms with Gasteiger partial charge in [0.05, 0.1) is 12.6 Å². The fraction of sp³-hybridized carbons (Fsp3) is 0.318. The Bertz CT molecular complexity index is 927. The Labute approximate surface area is 159 Å². The lowest BCUT2D eigenvalue weighted by molar-refractivity contribution is -0.119. The minimum absolute atomic E-state index is 0.0842. The van der Waals surface area contributed by atoms with Gasteiger partial charge in [-0.15, -0.1) is 0 Å². The Morgan fingerprint density at radius 3 is 2.56 bits per heavy atom. The fourth-order valence-electron chi connectivity index (χ4n) is 3.00. The first kappa shape index (κ1) is 18.8. The number of nitrogens with one attached hydrogen (secondary N) is 1. The molecule has 1 N–H and O–H groups in total. The number of benzene rings is 2. The van der Waals surface area contributed by atoms with Crippen LogP contribution in [-0.4, -0.2) is 12.5 Å². The molecule has 1 atom stereocenters. The van der Waals surface area contributed by atoms with Crippen molar-refractivity contribution in [1.29, 1.82) is 0 Å². The zero-order chi connectivity index (χ0) is 19.4. The summed E-state index contributed by atoms with van der Waals surface area (Å²) in [5.41, 5.74) is 2.79. The second-order valence-electron chi connectivity index (χ2n) is 6.54. The molecule has 3 rings (SSSR count). The molecule has 0 spiro atoms. The molecule has 0 fully saturated rings. The SMILES string of the molecule is CCOc1ccc(COc2ccc3cc(C(C)NC(C)=O)oc3c2C)cc1. The third-order valence-electron chi connectivity index (χ3n) is 4.38. The summed E-state index contributed by atoms with van der Waals surface area (Å²) in [4.78, 5) is 11.3. The Hall–Kier alpha value is -2.95. The highest BCUT2D eigenvalue weighted by molar-refractivity contribution is 5.83. The van der Waals surface area contributed by atoms with E-state index < -0.39 is 0 Å². The molecule has 0 bridgehead atoms. The normalized spacial score (nSPS) is 12.0. The van der Waals surface area contributed by atoms with Crippen LogP contribution in [0.25, 0.3) is 11.0 Å². The van der Waals surface area contributed by atoms with E-state index in [1.165, 1.54) is 6.92 Å². The molecular formula is C22H25NO4. The summed E-state index contributed by atoms with van der Waals surface area (Å²) in [6.07, 6.45) is 0. The molecule has 0 aliphatic rings. The molecule has 0 aliphatic carbocycles. The quantitative estimate of drug-likeness (QED) is 0.644. The van der Waals surface area contributed by atoms with Crippen LogP contribution in [0.2, 0.25) is 0 Å². The van der Waals surface area contributed by atoms with Gasteiger partial charge >= 0.3 is 0 Å². The first-order valence-corrected chi connectivity index (χ1v) is 9.12. The number of aryl methyl sites for hydroxylation is 1. The maximum absolute atomic E-state index is 11.3. The summed E-state index contributed by atoms with van der Waals surface area (Å²) in [5, 5.41) is 3.83. The van der Waals surface area contributed by atoms with Gasteiger partial charge in [-0.3, -0.25) is 4.79 Å². The van der Waals surface area contributed by atoms with Gasteiger partial charge < -0.3 is 19.2 Å². The number of rotatable bonds is 7. The van der Waals surface area contributed by atoms with Crippen molar-refractivity contribution in [3.05, 3.63) is 59.4 Å². The third-order valence-corrected chi connectivity index (χ3v) is 4.38. The van der Waals surface area contributed by atoms with Crippen LogP contribution in [0.3, 0.4) is 0 Å². The van der Waals surface area contributed by atoms with Crippen molar-refractivity contribution in [2.75, 3.05) is 6.61 Å². The van der Waals surface area contributed by atoms with Crippen LogP contribution in [-0.2, 0) is 11.4 Å². The largest absolute Gasteiger partial charge is 0.494 e. The molecular weight excluding hydrogens is 342 g/mol. The Balaban J connectivity index is 1.75. The molecule has 5 nitrogen and oxygen atoms in total. The Morgan fingerprint density at radius 2 is 1.89 bits per heavy atom. The number of carbonyl (C=O) groups excluding carboxylic acids is 1. The number of amides is 1. The predicted octanol–water partition coefficient (Wildman–Crippen LogP) is 4.92. The van der Waals surface area contributed by atoms with E-state index in [0.717, 1.165) is 39.4 Å². The summed E-state index contributed by atoms with van der Waals surface area (Å²) < 4.78 is 17.4. The molecule has 2 aromatic carbocycles. The zero-order valence-corrected chi connectivity index (χ0v) is 16.2. The van der Waals surface area contributed by atoms with E-state index in [1.807, 2.05) is 63.2 Å². The van der Waals surface area contributed by atoms with Crippen LogP contribution in [0, 0.1) is 6.92 Å². The van der Waals surface area contributed by atoms with Gasteiger partial charge in [0.1, 0.15) is 29.4 Å². The van der Waals surface area contributed by atoms with Crippen LogP contribution in [0.4, 0.5) is 0 Å². The van der Waals surface area contributed by atoms with Gasteiger partial charge in [0, 0.05) is 17.9 Å². The van der Waals surface area contributed by atoms with Crippen molar-refractivity contribution in [2.24, 2.45) is 0 Å². The average Bonchev–Trinajstić information content (AvgIpc) is 3.07. The van der Waals surface area contributed by atoms with E-state index in [-0.39, 0.29) is 11.9 Å². The van der Waals surface area contributed by atoms with Gasteiger partial charge in [-0.25, -0.2) is 0 Å². The van der Waals surface area contributed by atoms with Gasteiger partial charge in [0.2, 0.25) is 5.91 Å². The molecule has 0 saturated carbocycles. The zero-order valence-electron chi connectivity index (χ0n) is 16.2. The lowest BCUT2D eigenvalue weighted by atomic mass is 10.1. The highest BCUT2D eigenvalue weighted by Crippen LogP contribution is 2.32. The summed E-state index contributed by atoms with van der Waals surface area (Å²) in [5.74, 6) is 2.28. The number of hydrogen-bond donors (Lipinski definition) is 1. The Morgan fingerprint density at radius 1 is 1.15 bits per heavy atom. The highest BCUT2D eigenvalue weighted by Gasteiger charge is 2.15. The van der Waals surface area contributed by atoms with E-state index in [1.54, 1.807) is 0 Å². The van der Waals surface area contributed by atoms with E-state index >= 15 is 0 Å². The van der Waals surface area contributed by atoms with Crippen LogP contribution < -0.4 is 14.8 Å². The number of carbonyl (C=O) groups is 1. The van der Waals surface area contributed by atoms with Crippen molar-refractivity contribution in [3.63, 3.8) is 0 Å². The van der Waals surface area contributed by atoms with Gasteiger partial charge in [-0.2, -0.15) is 0 Å². The predicted molar refractivity (Wildman–Crippen MR) is 105 cm³/mol. The molecule has 1 heterocycles. The Kier molecular flexibility index (Phi) is 5.69. The van der Waals surface area contributed by atoms with Gasteiger partial charge in [0.25, 0.3) is 0 Å². The van der Waals surface area contributed by atoms with Crippen molar-refractivity contribution >= 4 is 16.9 Å². The van der Waals surface area contributed by atoms with Crippen LogP contribution >= 0.6 is 0 Å². The molecule has 1 unspecified atom stereocenters. The lowest BCUT2D eigenvalue weighted by Gasteiger charge is -2.10. The van der Waals surface area contributed by atoms with Crippen molar-refractivity contribution in [1.82, 2.24) is 5.32 Å². The third kappa shape index (κ3) is 4.42. The second kappa shape index (κ2) is 8.16. The van der Waals surface area contributed by atoms with Crippen LogP contribution in [0.1, 0.15) is 43.7 Å². The fourth-order valence-corrected chi connectivity index (χ4v) is 3.00. The lowest BCUT2D eigenvalue weighted by Crippen LogP contribution is -2.23. The van der Waals surface area contributed by atoms with Crippen molar-refractivity contribution < 1.29 is 18.7 Å². The molecule has 0 aliphatic heterocycles. The first-order chi connectivity index (χ1) is 13.0. The highest BCUT2D eigenvalue weighted by atomic mass is 16.5. The van der Waals surface area contributed by atoms with Crippen LogP contribution in [0.5, 0.6) is 11.5 Å². The molecule has 5 heteroatoms.